The summed E-state index contributed by atoms with van der Waals surface area (Å²) in [6.45, 7) is 2.25. The van der Waals surface area contributed by atoms with Crippen LogP contribution in [0, 0.1) is 0 Å². The number of esters is 2. The number of phenols is 3. The molecule has 0 amide bonds. The summed E-state index contributed by atoms with van der Waals surface area (Å²) in [5.74, 6) is -3.62. The molecule has 1 aromatic rings. The molecule has 0 aliphatic heterocycles. The molecule has 0 unspecified atom stereocenters. The number of aromatic hydroxyl groups is 3. The Kier molecular flexibility index (Phi) is 14.2. The van der Waals surface area contributed by atoms with Crippen LogP contribution in [0.25, 0.3) is 0 Å². The van der Waals surface area contributed by atoms with E-state index in [9.17, 15) is 24.9 Å². The number of hydrogen-bond acceptors (Lipinski definition) is 6. The molecular formula is C25H40O6. The molecule has 0 fully saturated rings. The molecule has 0 radical (unpaired) electrons. The van der Waals surface area contributed by atoms with E-state index in [1.807, 2.05) is 0 Å². The van der Waals surface area contributed by atoms with E-state index in [0.29, 0.717) is 6.42 Å². The van der Waals surface area contributed by atoms with Crippen molar-refractivity contribution in [1.82, 2.24) is 0 Å². The molecule has 0 saturated carbocycles. The maximum absolute atomic E-state index is 11.9. The smallest absolute Gasteiger partial charge is 0.346 e. The van der Waals surface area contributed by atoms with E-state index >= 15 is 0 Å². The molecule has 6 nitrogen and oxygen atoms in total. The molecular weight excluding hydrogens is 396 g/mol. The van der Waals surface area contributed by atoms with Crippen molar-refractivity contribution in [1.29, 1.82) is 0 Å². The largest absolute Gasteiger partial charge is 0.504 e. The summed E-state index contributed by atoms with van der Waals surface area (Å²) >= 11 is 0. The fourth-order valence-corrected chi connectivity index (χ4v) is 3.58. The molecule has 3 N–H and O–H groups in total. The van der Waals surface area contributed by atoms with Crippen molar-refractivity contribution in [3.05, 3.63) is 17.7 Å². The Labute approximate surface area is 186 Å². The van der Waals surface area contributed by atoms with Crippen LogP contribution in [0.4, 0.5) is 0 Å². The average Bonchev–Trinajstić information content (AvgIpc) is 2.74. The van der Waals surface area contributed by atoms with Gasteiger partial charge in [0.05, 0.1) is 5.56 Å². The Balaban J connectivity index is 1.97. The van der Waals surface area contributed by atoms with Crippen LogP contribution in [0.3, 0.4) is 0 Å². The summed E-state index contributed by atoms with van der Waals surface area (Å²) in [4.78, 5) is 23.7. The van der Waals surface area contributed by atoms with Gasteiger partial charge in [0.15, 0.2) is 17.2 Å². The zero-order valence-corrected chi connectivity index (χ0v) is 19.0. The predicted octanol–water partition coefficient (Wildman–Crippen LogP) is 6.75. The van der Waals surface area contributed by atoms with Crippen LogP contribution in [0.1, 0.15) is 120 Å². The van der Waals surface area contributed by atoms with Gasteiger partial charge in [-0.15, -0.1) is 0 Å². The van der Waals surface area contributed by atoms with Crippen molar-refractivity contribution in [3.63, 3.8) is 0 Å². The molecule has 0 spiro atoms. The van der Waals surface area contributed by atoms with Gasteiger partial charge in [0.2, 0.25) is 0 Å². The van der Waals surface area contributed by atoms with Gasteiger partial charge in [0.25, 0.3) is 0 Å². The van der Waals surface area contributed by atoms with E-state index in [4.69, 9.17) is 4.74 Å². The molecule has 0 aliphatic rings. The highest BCUT2D eigenvalue weighted by atomic mass is 16.6. The van der Waals surface area contributed by atoms with Gasteiger partial charge in [-0.1, -0.05) is 96.8 Å². The average molecular weight is 437 g/mol. The Hall–Kier alpha value is -2.24. The van der Waals surface area contributed by atoms with Gasteiger partial charge in [0.1, 0.15) is 0 Å². The van der Waals surface area contributed by atoms with E-state index in [-0.39, 0.29) is 12.0 Å². The third kappa shape index (κ3) is 12.3. The number of ether oxygens (including phenoxy) is 1. The van der Waals surface area contributed by atoms with Crippen molar-refractivity contribution in [2.45, 2.75) is 110 Å². The Morgan fingerprint density at radius 3 is 1.48 bits per heavy atom. The lowest BCUT2D eigenvalue weighted by atomic mass is 10.0. The first-order valence-corrected chi connectivity index (χ1v) is 12.0. The van der Waals surface area contributed by atoms with Crippen molar-refractivity contribution in [3.8, 4) is 17.2 Å². The first kappa shape index (κ1) is 26.8. The normalized spacial score (nSPS) is 10.9. The van der Waals surface area contributed by atoms with Gasteiger partial charge >= 0.3 is 11.9 Å². The van der Waals surface area contributed by atoms with E-state index in [1.165, 1.54) is 70.6 Å². The van der Waals surface area contributed by atoms with Gasteiger partial charge in [-0.3, -0.25) is 4.79 Å². The molecule has 0 aliphatic carbocycles. The number of rotatable bonds is 17. The summed E-state index contributed by atoms with van der Waals surface area (Å²) in [5.41, 5.74) is -0.197. The van der Waals surface area contributed by atoms with Crippen molar-refractivity contribution < 1.29 is 29.6 Å². The third-order valence-corrected chi connectivity index (χ3v) is 5.50. The van der Waals surface area contributed by atoms with Gasteiger partial charge in [-0.2, -0.15) is 0 Å². The van der Waals surface area contributed by atoms with Crippen molar-refractivity contribution in [2.75, 3.05) is 0 Å². The summed E-state index contributed by atoms with van der Waals surface area (Å²) < 4.78 is 4.72. The summed E-state index contributed by atoms with van der Waals surface area (Å²) in [5, 5.41) is 28.1. The van der Waals surface area contributed by atoms with Gasteiger partial charge < -0.3 is 20.1 Å². The highest BCUT2D eigenvalue weighted by molar-refractivity contribution is 5.97. The number of carbonyl (C=O) groups is 2. The number of unbranched alkanes of at least 4 members (excludes halogenated alkanes) is 14. The fourth-order valence-electron chi connectivity index (χ4n) is 3.58. The van der Waals surface area contributed by atoms with Gasteiger partial charge in [-0.05, 0) is 18.6 Å². The Morgan fingerprint density at radius 2 is 1.06 bits per heavy atom. The first-order chi connectivity index (χ1) is 15.0. The SMILES string of the molecule is CCCCCCCCCCCCCCCCCC(=O)OC(=O)c1cc(O)c(O)c(O)c1. The van der Waals surface area contributed by atoms with E-state index in [0.717, 1.165) is 31.4 Å². The molecule has 1 aromatic carbocycles. The molecule has 0 aromatic heterocycles. The maximum Gasteiger partial charge on any atom is 0.346 e. The molecule has 1 rings (SSSR count). The van der Waals surface area contributed by atoms with Gasteiger partial charge in [0, 0.05) is 6.42 Å². The first-order valence-electron chi connectivity index (χ1n) is 12.0. The van der Waals surface area contributed by atoms with E-state index < -0.39 is 29.2 Å². The topological polar surface area (TPSA) is 104 Å². The highest BCUT2D eigenvalue weighted by Crippen LogP contribution is 2.35. The molecule has 0 bridgehead atoms. The summed E-state index contributed by atoms with van der Waals surface area (Å²) in [6, 6.07) is 1.89. The lowest BCUT2D eigenvalue weighted by Crippen LogP contribution is -2.12. The number of hydrogen-bond donors (Lipinski definition) is 3. The molecule has 31 heavy (non-hydrogen) atoms. The quantitative estimate of drug-likeness (QED) is 0.108. The zero-order valence-electron chi connectivity index (χ0n) is 19.0. The van der Waals surface area contributed by atoms with E-state index in [2.05, 4.69) is 6.92 Å². The van der Waals surface area contributed by atoms with Crippen LogP contribution >= 0.6 is 0 Å². The minimum atomic E-state index is -0.962. The van der Waals surface area contributed by atoms with Crippen molar-refractivity contribution in [2.24, 2.45) is 0 Å². The van der Waals surface area contributed by atoms with Gasteiger partial charge in [-0.25, -0.2) is 4.79 Å². The Bertz CT molecular complexity index is 632. The van der Waals surface area contributed by atoms with Crippen LogP contribution in [0.2, 0.25) is 0 Å². The maximum atomic E-state index is 11.9. The molecule has 6 heteroatoms. The summed E-state index contributed by atoms with van der Waals surface area (Å²) in [6.07, 6.45) is 18.7. The third-order valence-electron chi connectivity index (χ3n) is 5.50. The molecule has 0 heterocycles. The van der Waals surface area contributed by atoms with Crippen LogP contribution in [-0.4, -0.2) is 27.3 Å². The standard InChI is InChI=1S/C25H40O6/c1-2-3-4-5-6-7-8-9-10-11-12-13-14-15-16-17-23(28)31-25(30)20-18-21(26)24(29)22(27)19-20/h18-19,26-27,29H,2-17H2,1H3. The second kappa shape index (κ2) is 16.5. The van der Waals surface area contributed by atoms with Crippen LogP contribution in [0.5, 0.6) is 17.2 Å². The lowest BCUT2D eigenvalue weighted by Gasteiger charge is -2.06. The minimum Gasteiger partial charge on any atom is -0.504 e. The lowest BCUT2D eigenvalue weighted by molar-refractivity contribution is -0.138. The van der Waals surface area contributed by atoms with Crippen molar-refractivity contribution >= 4 is 11.9 Å². The second-order valence-electron chi connectivity index (χ2n) is 8.32. The number of benzene rings is 1. The van der Waals surface area contributed by atoms with E-state index in [1.54, 1.807) is 0 Å². The fraction of sp³-hybridized carbons (Fsp3) is 0.680. The summed E-state index contributed by atoms with van der Waals surface area (Å²) in [7, 11) is 0. The van der Waals surface area contributed by atoms with Crippen LogP contribution in [0.15, 0.2) is 12.1 Å². The number of phenolic OH excluding ortho intramolecular Hbond substituents is 3. The van der Waals surface area contributed by atoms with Crippen LogP contribution in [-0.2, 0) is 9.53 Å². The number of carbonyl (C=O) groups excluding carboxylic acids is 2. The second-order valence-corrected chi connectivity index (χ2v) is 8.32. The molecule has 176 valence electrons. The minimum absolute atomic E-state index is 0.153. The highest BCUT2D eigenvalue weighted by Gasteiger charge is 2.17. The zero-order chi connectivity index (χ0) is 22.9. The monoisotopic (exact) mass is 436 g/mol. The molecule has 0 saturated heterocycles. The predicted molar refractivity (Wildman–Crippen MR) is 121 cm³/mol. The Morgan fingerprint density at radius 1 is 0.677 bits per heavy atom. The molecule has 0 atom stereocenters. The van der Waals surface area contributed by atoms with Crippen LogP contribution < -0.4 is 0 Å².